The minimum atomic E-state index is -1.43. The average molecular weight is 673 g/mol. The molecule has 1 saturated heterocycles. The van der Waals surface area contributed by atoms with Gasteiger partial charge in [0.15, 0.2) is 11.6 Å². The lowest BCUT2D eigenvalue weighted by molar-refractivity contribution is -0.142. The predicted octanol–water partition coefficient (Wildman–Crippen LogP) is 4.44. The van der Waals surface area contributed by atoms with Crippen LogP contribution >= 0.6 is 0 Å². The maximum atomic E-state index is 14.5. The molecule has 14 heteroatoms. The Kier molecular flexibility index (Phi) is 9.38. The summed E-state index contributed by atoms with van der Waals surface area (Å²) in [5.41, 5.74) is -0.123. The van der Waals surface area contributed by atoms with Crippen molar-refractivity contribution in [1.82, 2.24) is 24.2 Å². The summed E-state index contributed by atoms with van der Waals surface area (Å²) in [6.07, 6.45) is 4.27. The zero-order valence-electron chi connectivity index (χ0n) is 25.8. The quantitative estimate of drug-likeness (QED) is 0.0810. The molecule has 3 heterocycles. The number of aliphatic hydroxyl groups excluding tert-OH is 1. The first-order chi connectivity index (χ1) is 23.6. The number of nitrogens with zero attached hydrogens (tertiary/aromatic N) is 6. The van der Waals surface area contributed by atoms with Gasteiger partial charge in [-0.25, -0.2) is 27.2 Å². The lowest BCUT2D eigenvalue weighted by Crippen LogP contribution is -2.50. The van der Waals surface area contributed by atoms with E-state index in [1.165, 1.54) is 35.6 Å². The zero-order chi connectivity index (χ0) is 34.7. The van der Waals surface area contributed by atoms with Crippen molar-refractivity contribution in [3.05, 3.63) is 148 Å². The van der Waals surface area contributed by atoms with Crippen molar-refractivity contribution in [3.8, 4) is 5.69 Å². The second kappa shape index (κ2) is 14.0. The van der Waals surface area contributed by atoms with Gasteiger partial charge in [-0.2, -0.15) is 5.10 Å². The molecule has 0 aliphatic carbocycles. The Morgan fingerprint density at radius 1 is 0.857 bits per heavy atom. The van der Waals surface area contributed by atoms with Crippen LogP contribution in [0.2, 0.25) is 0 Å². The Morgan fingerprint density at radius 3 is 2.24 bits per heavy atom. The monoisotopic (exact) mass is 672 g/mol. The summed E-state index contributed by atoms with van der Waals surface area (Å²) in [6.45, 7) is 0.925. The van der Waals surface area contributed by atoms with Crippen molar-refractivity contribution in [2.75, 3.05) is 31.1 Å². The molecule has 1 aliphatic rings. The number of hydrogen-bond acceptors (Lipinski definition) is 7. The fourth-order valence-electron chi connectivity index (χ4n) is 5.59. The first-order valence-corrected chi connectivity index (χ1v) is 15.1. The van der Waals surface area contributed by atoms with Crippen LogP contribution in [0.1, 0.15) is 22.3 Å². The summed E-state index contributed by atoms with van der Waals surface area (Å²) in [5.74, 6) is -7.28. The summed E-state index contributed by atoms with van der Waals surface area (Å²) in [6, 6.07) is 15.6. The number of piperazine rings is 1. The van der Waals surface area contributed by atoms with Gasteiger partial charge in [-0.05, 0) is 54.1 Å². The van der Waals surface area contributed by atoms with Crippen LogP contribution in [0.25, 0.3) is 11.4 Å². The van der Waals surface area contributed by atoms with Gasteiger partial charge in [-0.3, -0.25) is 14.4 Å². The molecule has 10 nitrogen and oxygen atoms in total. The van der Waals surface area contributed by atoms with Gasteiger partial charge < -0.3 is 19.5 Å². The molecule has 250 valence electrons. The van der Waals surface area contributed by atoms with Crippen LogP contribution in [0, 0.1) is 23.3 Å². The number of aromatic nitrogens is 4. The van der Waals surface area contributed by atoms with Crippen molar-refractivity contribution >= 4 is 23.1 Å². The second-order valence-electron chi connectivity index (χ2n) is 11.3. The highest BCUT2D eigenvalue weighted by Crippen LogP contribution is 2.22. The molecule has 1 N–H and O–H groups in total. The highest BCUT2D eigenvalue weighted by Gasteiger charge is 2.26. The minimum absolute atomic E-state index is 0.0403. The van der Waals surface area contributed by atoms with Crippen LogP contribution in [0.5, 0.6) is 0 Å². The molecule has 0 spiro atoms. The number of benzene rings is 3. The standard InChI is InChI=1S/C35H28F4N6O4/c36-28-4-2-1-3-23(28)19-44-18-22(15-26-29(37)9-10-30(38)33(26)39)16-27(34(44)48)31(46)17-32(47)35(49)43-13-11-42(12-14-43)24-5-7-25(8-6-24)45-21-40-20-41-45/h1-10,16-18,20-21,46H,11-15,19H2/b31-17+. The number of carbonyl (C=O) groups is 2. The molecule has 5 aromatic rings. The van der Waals surface area contributed by atoms with Gasteiger partial charge in [-0.15, -0.1) is 0 Å². The maximum Gasteiger partial charge on any atom is 0.294 e. The molecule has 0 atom stereocenters. The highest BCUT2D eigenvalue weighted by molar-refractivity contribution is 6.41. The SMILES string of the molecule is O=C(/C=C(/O)c1cc(Cc2c(F)ccc(F)c2F)cn(Cc2ccccc2F)c1=O)C(=O)N1CCN(c2ccc(-n3cncn3)cc2)CC1. The molecule has 0 saturated carbocycles. The van der Waals surface area contributed by atoms with Crippen LogP contribution < -0.4 is 10.5 Å². The molecule has 1 aliphatic heterocycles. The third-order valence-corrected chi connectivity index (χ3v) is 8.18. The predicted molar refractivity (Wildman–Crippen MR) is 171 cm³/mol. The van der Waals surface area contributed by atoms with E-state index in [1.54, 1.807) is 17.1 Å². The van der Waals surface area contributed by atoms with Gasteiger partial charge >= 0.3 is 0 Å². The van der Waals surface area contributed by atoms with Crippen LogP contribution in [-0.2, 0) is 22.6 Å². The van der Waals surface area contributed by atoms with E-state index in [4.69, 9.17) is 0 Å². The van der Waals surface area contributed by atoms with Gasteiger partial charge in [-0.1, -0.05) is 18.2 Å². The summed E-state index contributed by atoms with van der Waals surface area (Å²) < 4.78 is 60.0. The molecule has 0 radical (unpaired) electrons. The molecule has 3 aromatic carbocycles. The van der Waals surface area contributed by atoms with Crippen LogP contribution in [0.4, 0.5) is 23.2 Å². The fraction of sp³-hybridized carbons (Fsp3) is 0.171. The number of carbonyl (C=O) groups excluding carboxylic acids is 2. The van der Waals surface area contributed by atoms with Gasteiger partial charge in [0.05, 0.1) is 17.8 Å². The first-order valence-electron chi connectivity index (χ1n) is 15.1. The number of pyridine rings is 1. The van der Waals surface area contributed by atoms with E-state index in [0.717, 1.165) is 28.1 Å². The number of aliphatic hydroxyl groups is 1. The Bertz CT molecular complexity index is 2110. The van der Waals surface area contributed by atoms with Crippen molar-refractivity contribution in [3.63, 3.8) is 0 Å². The molecule has 1 amide bonds. The second-order valence-corrected chi connectivity index (χ2v) is 11.3. The fourth-order valence-corrected chi connectivity index (χ4v) is 5.59. The van der Waals surface area contributed by atoms with Gasteiger partial charge in [0.25, 0.3) is 11.5 Å². The molecule has 1 fully saturated rings. The average Bonchev–Trinajstić information content (AvgIpc) is 3.66. The molecular formula is C35H28F4N6O4. The number of anilines is 1. The van der Waals surface area contributed by atoms with E-state index in [9.17, 15) is 37.1 Å². The number of ketones is 1. The highest BCUT2D eigenvalue weighted by atomic mass is 19.2. The van der Waals surface area contributed by atoms with Crippen molar-refractivity contribution < 1.29 is 32.3 Å². The molecule has 0 unspecified atom stereocenters. The van der Waals surface area contributed by atoms with E-state index in [2.05, 4.69) is 10.1 Å². The Hall–Kier alpha value is -6.05. The number of hydrogen-bond donors (Lipinski definition) is 1. The topological polar surface area (TPSA) is 114 Å². The zero-order valence-corrected chi connectivity index (χ0v) is 25.8. The molecule has 49 heavy (non-hydrogen) atoms. The van der Waals surface area contributed by atoms with E-state index in [0.29, 0.717) is 25.2 Å². The molecule has 2 aromatic heterocycles. The largest absolute Gasteiger partial charge is 0.507 e. The van der Waals surface area contributed by atoms with E-state index < -0.39 is 63.8 Å². The molecular weight excluding hydrogens is 644 g/mol. The lowest BCUT2D eigenvalue weighted by Gasteiger charge is -2.35. The van der Waals surface area contributed by atoms with Crippen molar-refractivity contribution in [1.29, 1.82) is 0 Å². The van der Waals surface area contributed by atoms with Crippen LogP contribution in [-0.4, -0.2) is 67.2 Å². The third-order valence-electron chi connectivity index (χ3n) is 8.18. The Morgan fingerprint density at radius 2 is 1.55 bits per heavy atom. The summed E-state index contributed by atoms with van der Waals surface area (Å²) in [7, 11) is 0. The normalized spacial score (nSPS) is 13.5. The van der Waals surface area contributed by atoms with Crippen LogP contribution in [0.3, 0.4) is 0 Å². The lowest BCUT2D eigenvalue weighted by atomic mass is 10.0. The number of rotatable bonds is 9. The van der Waals surface area contributed by atoms with Crippen LogP contribution in [0.15, 0.2) is 96.5 Å². The Labute approximate surface area is 276 Å². The van der Waals surface area contributed by atoms with Gasteiger partial charge in [0.1, 0.15) is 30.0 Å². The van der Waals surface area contributed by atoms with Crippen molar-refractivity contribution in [2.45, 2.75) is 13.0 Å². The summed E-state index contributed by atoms with van der Waals surface area (Å²) in [5, 5.41) is 15.0. The summed E-state index contributed by atoms with van der Waals surface area (Å²) >= 11 is 0. The molecule has 6 rings (SSSR count). The third kappa shape index (κ3) is 7.12. The first kappa shape index (κ1) is 32.9. The molecule has 0 bridgehead atoms. The summed E-state index contributed by atoms with van der Waals surface area (Å²) in [4.78, 5) is 46.8. The van der Waals surface area contributed by atoms with E-state index in [1.807, 2.05) is 29.2 Å². The van der Waals surface area contributed by atoms with Gasteiger partial charge in [0.2, 0.25) is 5.78 Å². The number of halogens is 4. The minimum Gasteiger partial charge on any atom is -0.507 e. The maximum absolute atomic E-state index is 14.5. The Balaban J connectivity index is 1.21. The van der Waals surface area contributed by atoms with E-state index >= 15 is 0 Å². The van der Waals surface area contributed by atoms with Crippen molar-refractivity contribution in [2.24, 2.45) is 0 Å². The smallest absolute Gasteiger partial charge is 0.294 e. The van der Waals surface area contributed by atoms with E-state index in [-0.39, 0.29) is 30.8 Å². The van der Waals surface area contributed by atoms with Gasteiger partial charge in [0, 0.05) is 61.7 Å². The number of amides is 1.